The highest BCUT2D eigenvalue weighted by molar-refractivity contribution is 7.15. The molecular weight excluding hydrogens is 388 g/mol. The van der Waals surface area contributed by atoms with Crippen LogP contribution in [0.25, 0.3) is 17.2 Å². The Morgan fingerprint density at radius 2 is 2.00 bits per heavy atom. The first-order valence-corrected chi connectivity index (χ1v) is 9.06. The third-order valence-electron chi connectivity index (χ3n) is 3.83. The van der Waals surface area contributed by atoms with Crippen LogP contribution in [-0.4, -0.2) is 24.0 Å². The lowest BCUT2D eigenvalue weighted by Gasteiger charge is -2.05. The molecule has 0 saturated carbocycles. The molecule has 0 fully saturated rings. The largest absolute Gasteiger partial charge is 0.478 e. The number of carbonyl (C=O) groups excluding carboxylic acids is 1. The number of carboxylic acids is 1. The molecule has 0 radical (unpaired) electrons. The zero-order valence-electron chi connectivity index (χ0n) is 14.2. The van der Waals surface area contributed by atoms with Crippen molar-refractivity contribution in [1.29, 1.82) is 0 Å². The molecule has 0 unspecified atom stereocenters. The van der Waals surface area contributed by atoms with E-state index in [0.717, 1.165) is 11.3 Å². The van der Waals surface area contributed by atoms with Crippen LogP contribution in [0.3, 0.4) is 0 Å². The second-order valence-electron chi connectivity index (χ2n) is 5.46. The maximum Gasteiger partial charge on any atom is 0.339 e. The molecule has 0 bridgehead atoms. The highest BCUT2D eigenvalue weighted by Gasteiger charge is 2.23. The number of nitrogens with one attached hydrogen (secondary N) is 2. The van der Waals surface area contributed by atoms with Gasteiger partial charge in [-0.25, -0.2) is 4.79 Å². The van der Waals surface area contributed by atoms with Gasteiger partial charge in [0.25, 0.3) is 5.91 Å². The van der Waals surface area contributed by atoms with Crippen LogP contribution >= 0.6 is 22.9 Å². The predicted molar refractivity (Wildman–Crippen MR) is 108 cm³/mol. The zero-order chi connectivity index (χ0) is 19.6. The summed E-state index contributed by atoms with van der Waals surface area (Å²) in [5.74, 6) is -1.22. The molecule has 0 atom stereocenters. The van der Waals surface area contributed by atoms with Crippen molar-refractivity contribution in [3.05, 3.63) is 64.4 Å². The van der Waals surface area contributed by atoms with Crippen molar-refractivity contribution in [2.45, 2.75) is 0 Å². The number of amides is 1. The van der Waals surface area contributed by atoms with Crippen LogP contribution in [0.2, 0.25) is 5.02 Å². The van der Waals surface area contributed by atoms with E-state index in [4.69, 9.17) is 16.0 Å². The quantitative estimate of drug-likeness (QED) is 0.520. The topological polar surface area (TPSA) is 91.6 Å². The second-order valence-corrected chi connectivity index (χ2v) is 6.78. The Morgan fingerprint density at radius 1 is 1.30 bits per heavy atom. The van der Waals surface area contributed by atoms with Gasteiger partial charge in [0.15, 0.2) is 5.76 Å². The maximum absolute atomic E-state index is 12.5. The summed E-state index contributed by atoms with van der Waals surface area (Å²) in [5, 5.41) is 17.6. The molecule has 0 aliphatic rings. The van der Waals surface area contributed by atoms with Crippen LogP contribution in [0.4, 0.5) is 10.7 Å². The van der Waals surface area contributed by atoms with Crippen molar-refractivity contribution < 1.29 is 19.1 Å². The molecule has 0 aliphatic heterocycles. The number of thiophene rings is 1. The highest BCUT2D eigenvalue weighted by atomic mass is 35.5. The number of benzene rings is 1. The van der Waals surface area contributed by atoms with Gasteiger partial charge in [-0.05, 0) is 23.8 Å². The standard InChI is InChI=1S/C19H15ClN2O4S/c1-3-14-13(21-2)8-15(26-14)17(23)22-18-16(19(24)25)12(9-27-18)10-4-6-11(20)7-5-10/h3-9,21H,1H2,2H3,(H,22,23)(H,24,25). The predicted octanol–water partition coefficient (Wildman–Crippen LogP) is 5.30. The molecule has 3 aromatic rings. The molecule has 0 spiro atoms. The number of furan rings is 1. The molecule has 0 aliphatic carbocycles. The van der Waals surface area contributed by atoms with Crippen molar-refractivity contribution in [2.75, 3.05) is 17.7 Å². The molecule has 138 valence electrons. The summed E-state index contributed by atoms with van der Waals surface area (Å²) in [5.41, 5.74) is 1.82. The summed E-state index contributed by atoms with van der Waals surface area (Å²) in [6.07, 6.45) is 1.48. The molecule has 2 aromatic heterocycles. The third-order valence-corrected chi connectivity index (χ3v) is 4.97. The van der Waals surface area contributed by atoms with Crippen molar-refractivity contribution in [1.82, 2.24) is 0 Å². The van der Waals surface area contributed by atoms with Gasteiger partial charge in [-0.2, -0.15) is 0 Å². The van der Waals surface area contributed by atoms with Gasteiger partial charge >= 0.3 is 5.97 Å². The molecule has 6 nitrogen and oxygen atoms in total. The van der Waals surface area contributed by atoms with E-state index in [1.165, 1.54) is 12.1 Å². The second kappa shape index (κ2) is 7.69. The Balaban J connectivity index is 1.94. The molecule has 3 N–H and O–H groups in total. The van der Waals surface area contributed by atoms with E-state index < -0.39 is 11.9 Å². The summed E-state index contributed by atoms with van der Waals surface area (Å²) in [7, 11) is 1.69. The Bertz CT molecular complexity index is 1020. The Morgan fingerprint density at radius 3 is 2.56 bits per heavy atom. The molecule has 2 heterocycles. The van der Waals surface area contributed by atoms with Crippen LogP contribution in [0.1, 0.15) is 26.7 Å². The molecule has 1 amide bonds. The Labute approximate surface area is 164 Å². The number of aromatic carboxylic acids is 1. The first-order chi connectivity index (χ1) is 12.9. The number of rotatable bonds is 6. The molecular formula is C19H15ClN2O4S. The molecule has 27 heavy (non-hydrogen) atoms. The van der Waals surface area contributed by atoms with Gasteiger partial charge in [0.2, 0.25) is 0 Å². The van der Waals surface area contributed by atoms with Gasteiger partial charge in [-0.15, -0.1) is 11.3 Å². The van der Waals surface area contributed by atoms with E-state index in [9.17, 15) is 14.7 Å². The van der Waals surface area contributed by atoms with Gasteiger partial charge in [0.1, 0.15) is 16.3 Å². The lowest BCUT2D eigenvalue weighted by Crippen LogP contribution is -2.12. The minimum Gasteiger partial charge on any atom is -0.478 e. The minimum atomic E-state index is -1.14. The lowest BCUT2D eigenvalue weighted by atomic mass is 10.0. The van der Waals surface area contributed by atoms with Gasteiger partial charge in [-0.3, -0.25) is 4.79 Å². The van der Waals surface area contributed by atoms with Crippen LogP contribution in [0.15, 0.2) is 46.7 Å². The average Bonchev–Trinajstić information content (AvgIpc) is 3.26. The van der Waals surface area contributed by atoms with E-state index in [1.54, 1.807) is 36.7 Å². The fourth-order valence-corrected chi connectivity index (χ4v) is 3.62. The summed E-state index contributed by atoms with van der Waals surface area (Å²) in [6, 6.07) is 8.34. The van der Waals surface area contributed by atoms with E-state index >= 15 is 0 Å². The normalized spacial score (nSPS) is 10.4. The van der Waals surface area contributed by atoms with Crippen molar-refractivity contribution in [2.24, 2.45) is 0 Å². The van der Waals surface area contributed by atoms with Gasteiger partial charge < -0.3 is 20.2 Å². The monoisotopic (exact) mass is 402 g/mol. The Hall–Kier alpha value is -3.03. The first-order valence-electron chi connectivity index (χ1n) is 7.80. The average molecular weight is 403 g/mol. The summed E-state index contributed by atoms with van der Waals surface area (Å²) in [6.45, 7) is 3.63. The molecule has 8 heteroatoms. The lowest BCUT2D eigenvalue weighted by molar-refractivity contribution is 0.0699. The summed E-state index contributed by atoms with van der Waals surface area (Å²) in [4.78, 5) is 24.3. The van der Waals surface area contributed by atoms with E-state index in [-0.39, 0.29) is 16.3 Å². The van der Waals surface area contributed by atoms with E-state index in [0.29, 0.717) is 27.6 Å². The number of halogens is 1. The molecule has 0 saturated heterocycles. The van der Waals surface area contributed by atoms with E-state index in [1.807, 2.05) is 0 Å². The van der Waals surface area contributed by atoms with Crippen LogP contribution in [-0.2, 0) is 0 Å². The maximum atomic E-state index is 12.5. The summed E-state index contributed by atoms with van der Waals surface area (Å²) < 4.78 is 5.44. The molecule has 1 aromatic carbocycles. The zero-order valence-corrected chi connectivity index (χ0v) is 15.8. The van der Waals surface area contributed by atoms with Crippen LogP contribution < -0.4 is 10.6 Å². The number of carboxylic acid groups (broad SMARTS) is 1. The SMILES string of the molecule is C=Cc1oc(C(=O)Nc2scc(-c3ccc(Cl)cc3)c2C(=O)O)cc1NC. The first kappa shape index (κ1) is 18.8. The van der Waals surface area contributed by atoms with Crippen LogP contribution in [0.5, 0.6) is 0 Å². The number of hydrogen-bond donors (Lipinski definition) is 3. The van der Waals surface area contributed by atoms with Gasteiger partial charge in [-0.1, -0.05) is 30.3 Å². The minimum absolute atomic E-state index is 0.0139. The Kier molecular flexibility index (Phi) is 5.34. The number of carbonyl (C=O) groups is 2. The van der Waals surface area contributed by atoms with Gasteiger partial charge in [0.05, 0.1) is 5.69 Å². The van der Waals surface area contributed by atoms with E-state index in [2.05, 4.69) is 17.2 Å². The van der Waals surface area contributed by atoms with Crippen molar-refractivity contribution in [3.8, 4) is 11.1 Å². The highest BCUT2D eigenvalue weighted by Crippen LogP contribution is 2.36. The third kappa shape index (κ3) is 3.74. The van der Waals surface area contributed by atoms with Crippen LogP contribution in [0, 0.1) is 0 Å². The smallest absolute Gasteiger partial charge is 0.339 e. The fraction of sp³-hybridized carbons (Fsp3) is 0.0526. The number of hydrogen-bond acceptors (Lipinski definition) is 5. The van der Waals surface area contributed by atoms with Gasteiger partial charge in [0, 0.05) is 29.1 Å². The summed E-state index contributed by atoms with van der Waals surface area (Å²) >= 11 is 7.01. The van der Waals surface area contributed by atoms with Crippen molar-refractivity contribution >= 4 is 51.6 Å². The van der Waals surface area contributed by atoms with Crippen molar-refractivity contribution in [3.63, 3.8) is 0 Å². The molecule has 3 rings (SSSR count). The fourth-order valence-electron chi connectivity index (χ4n) is 2.53. The number of anilines is 2.